The number of hydrogen-bond acceptors (Lipinski definition) is 5. The zero-order chi connectivity index (χ0) is 21.5. The minimum Gasteiger partial charge on any atom is -0.355 e. The molecule has 1 aromatic carbocycles. The van der Waals surface area contributed by atoms with Gasteiger partial charge in [-0.15, -0.1) is 0 Å². The Hall–Kier alpha value is -2.25. The largest absolute Gasteiger partial charge is 0.355 e. The first-order valence-corrected chi connectivity index (χ1v) is 11.7. The van der Waals surface area contributed by atoms with Crippen LogP contribution >= 0.6 is 0 Å². The van der Waals surface area contributed by atoms with Gasteiger partial charge in [-0.05, 0) is 44.1 Å². The number of nitrogens with zero attached hydrogens (tertiary/aromatic N) is 2. The van der Waals surface area contributed by atoms with Gasteiger partial charge in [0.05, 0.1) is 12.0 Å². The maximum Gasteiger partial charge on any atom is 0.261 e. The number of amides is 3. The van der Waals surface area contributed by atoms with Crippen molar-refractivity contribution in [3.05, 3.63) is 35.4 Å². The van der Waals surface area contributed by atoms with Gasteiger partial charge in [-0.3, -0.25) is 24.1 Å². The van der Waals surface area contributed by atoms with Crippen LogP contribution in [0, 0.1) is 18.8 Å². The van der Waals surface area contributed by atoms with Crippen molar-refractivity contribution in [1.82, 2.24) is 15.3 Å². The second kappa shape index (κ2) is 8.36. The molecule has 31 heavy (non-hydrogen) atoms. The van der Waals surface area contributed by atoms with Gasteiger partial charge < -0.3 is 5.32 Å². The van der Waals surface area contributed by atoms with Crippen LogP contribution in [-0.2, 0) is 19.2 Å². The summed E-state index contributed by atoms with van der Waals surface area (Å²) >= 11 is 0. The maximum absolute atomic E-state index is 13.5. The molecule has 2 aliphatic heterocycles. The standard InChI is InChI=1S/C24H31N3O4/c1-15-7-11-17(12-8-15)21-20-22(31-26(21)14-19(28)25-13-16-9-10-16)24(30)27(23(20)29)18-5-3-2-4-6-18/h7-8,11-12,16,18,20-22H,2-6,9-10,13-14H2,1H3,(H,25,28). The third-order valence-electron chi connectivity index (χ3n) is 7.17. The lowest BCUT2D eigenvalue weighted by Crippen LogP contribution is -2.45. The lowest BCUT2D eigenvalue weighted by atomic mass is 9.90. The fourth-order valence-corrected chi connectivity index (χ4v) is 5.24. The lowest BCUT2D eigenvalue weighted by Gasteiger charge is -2.32. The molecule has 3 atom stereocenters. The number of hydrogen-bond donors (Lipinski definition) is 1. The molecule has 1 N–H and O–H groups in total. The summed E-state index contributed by atoms with van der Waals surface area (Å²) in [6.07, 6.45) is 6.49. The van der Waals surface area contributed by atoms with Crippen molar-refractivity contribution in [2.45, 2.75) is 70.1 Å². The predicted octanol–water partition coefficient (Wildman–Crippen LogP) is 2.50. The highest BCUT2D eigenvalue weighted by atomic mass is 16.7. The van der Waals surface area contributed by atoms with E-state index < -0.39 is 18.1 Å². The van der Waals surface area contributed by atoms with Crippen molar-refractivity contribution in [2.75, 3.05) is 13.1 Å². The first kappa shape index (κ1) is 20.6. The molecule has 0 spiro atoms. The molecule has 0 radical (unpaired) electrons. The molecule has 3 unspecified atom stereocenters. The number of rotatable bonds is 6. The number of hydroxylamine groups is 2. The average Bonchev–Trinajstić information content (AvgIpc) is 3.48. The normalized spacial score (nSPS) is 29.5. The second-order valence-electron chi connectivity index (χ2n) is 9.57. The molecule has 5 rings (SSSR count). The lowest BCUT2D eigenvalue weighted by molar-refractivity contribution is -0.183. The number of benzene rings is 1. The first-order valence-electron chi connectivity index (χ1n) is 11.7. The van der Waals surface area contributed by atoms with Gasteiger partial charge in [0.15, 0.2) is 6.10 Å². The minimum atomic E-state index is -0.836. The van der Waals surface area contributed by atoms with E-state index in [9.17, 15) is 14.4 Å². The number of likely N-dealkylation sites (tertiary alicyclic amines) is 1. The van der Waals surface area contributed by atoms with Gasteiger partial charge in [0.1, 0.15) is 6.54 Å². The van der Waals surface area contributed by atoms with Crippen LogP contribution in [0.1, 0.15) is 62.1 Å². The van der Waals surface area contributed by atoms with Crippen molar-refractivity contribution in [3.63, 3.8) is 0 Å². The van der Waals surface area contributed by atoms with E-state index in [1.54, 1.807) is 5.06 Å². The van der Waals surface area contributed by atoms with Crippen LogP contribution in [0.2, 0.25) is 0 Å². The van der Waals surface area contributed by atoms with Crippen molar-refractivity contribution in [1.29, 1.82) is 0 Å². The van der Waals surface area contributed by atoms with Gasteiger partial charge >= 0.3 is 0 Å². The van der Waals surface area contributed by atoms with E-state index in [1.807, 2.05) is 31.2 Å². The summed E-state index contributed by atoms with van der Waals surface area (Å²) in [4.78, 5) is 46.8. The van der Waals surface area contributed by atoms with Gasteiger partial charge in [-0.2, -0.15) is 5.06 Å². The van der Waals surface area contributed by atoms with Gasteiger partial charge in [-0.1, -0.05) is 49.1 Å². The number of carbonyl (C=O) groups excluding carboxylic acids is 3. The molecule has 0 aromatic heterocycles. The van der Waals surface area contributed by atoms with Crippen LogP contribution in [0.25, 0.3) is 0 Å². The van der Waals surface area contributed by atoms with Gasteiger partial charge in [-0.25, -0.2) is 0 Å². The van der Waals surface area contributed by atoms with Crippen LogP contribution in [0.3, 0.4) is 0 Å². The Balaban J connectivity index is 1.39. The molecule has 1 aromatic rings. The number of imide groups is 1. The second-order valence-corrected chi connectivity index (χ2v) is 9.57. The fourth-order valence-electron chi connectivity index (χ4n) is 5.24. The van der Waals surface area contributed by atoms with Gasteiger partial charge in [0, 0.05) is 12.6 Å². The third kappa shape index (κ3) is 4.01. The molecule has 7 heteroatoms. The molecule has 7 nitrogen and oxygen atoms in total. The van der Waals surface area contributed by atoms with E-state index in [-0.39, 0.29) is 30.3 Å². The van der Waals surface area contributed by atoms with E-state index in [2.05, 4.69) is 5.32 Å². The highest BCUT2D eigenvalue weighted by molar-refractivity contribution is 6.07. The van der Waals surface area contributed by atoms with Gasteiger partial charge in [0.25, 0.3) is 5.91 Å². The van der Waals surface area contributed by atoms with Crippen molar-refractivity contribution >= 4 is 17.7 Å². The summed E-state index contributed by atoms with van der Waals surface area (Å²) in [7, 11) is 0. The van der Waals surface area contributed by atoms with Crippen molar-refractivity contribution < 1.29 is 19.2 Å². The van der Waals surface area contributed by atoms with E-state index in [0.29, 0.717) is 12.5 Å². The summed E-state index contributed by atoms with van der Waals surface area (Å²) in [5.74, 6) is -0.530. The molecule has 2 saturated carbocycles. The highest BCUT2D eigenvalue weighted by Crippen LogP contribution is 2.46. The van der Waals surface area contributed by atoms with Crippen LogP contribution in [0.4, 0.5) is 0 Å². The minimum absolute atomic E-state index is 0.0161. The quantitative estimate of drug-likeness (QED) is 0.709. The predicted molar refractivity (Wildman–Crippen MR) is 113 cm³/mol. The summed E-state index contributed by atoms with van der Waals surface area (Å²) in [5.41, 5.74) is 2.02. The molecule has 3 amide bonds. The summed E-state index contributed by atoms with van der Waals surface area (Å²) < 4.78 is 0. The Morgan fingerprint density at radius 3 is 2.42 bits per heavy atom. The zero-order valence-electron chi connectivity index (χ0n) is 18.1. The smallest absolute Gasteiger partial charge is 0.261 e. The SMILES string of the molecule is Cc1ccc(C2C3C(=O)N(C4CCCCC4)C(=O)C3ON2CC(=O)NCC2CC2)cc1. The molecule has 2 aliphatic carbocycles. The molecule has 0 bridgehead atoms. The molecule has 4 fully saturated rings. The molecule has 2 saturated heterocycles. The van der Waals surface area contributed by atoms with Crippen LogP contribution in [0.5, 0.6) is 0 Å². The topological polar surface area (TPSA) is 79.0 Å². The van der Waals surface area contributed by atoms with Crippen LogP contribution in [0.15, 0.2) is 24.3 Å². The highest BCUT2D eigenvalue weighted by Gasteiger charge is 2.60. The number of nitrogens with one attached hydrogen (secondary N) is 1. The molecule has 2 heterocycles. The number of carbonyl (C=O) groups is 3. The zero-order valence-corrected chi connectivity index (χ0v) is 18.1. The van der Waals surface area contributed by atoms with E-state index >= 15 is 0 Å². The summed E-state index contributed by atoms with van der Waals surface area (Å²) in [5, 5.41) is 4.53. The third-order valence-corrected chi connectivity index (χ3v) is 7.17. The monoisotopic (exact) mass is 425 g/mol. The average molecular weight is 426 g/mol. The van der Waals surface area contributed by atoms with E-state index in [1.165, 1.54) is 4.90 Å². The van der Waals surface area contributed by atoms with E-state index in [0.717, 1.165) is 56.1 Å². The Morgan fingerprint density at radius 2 is 1.74 bits per heavy atom. The van der Waals surface area contributed by atoms with Gasteiger partial charge in [0.2, 0.25) is 11.8 Å². The Morgan fingerprint density at radius 1 is 1.03 bits per heavy atom. The van der Waals surface area contributed by atoms with Crippen molar-refractivity contribution in [3.8, 4) is 0 Å². The Kier molecular flexibility index (Phi) is 5.56. The Labute approximate surface area is 183 Å². The first-order chi connectivity index (χ1) is 15.0. The molecular weight excluding hydrogens is 394 g/mol. The summed E-state index contributed by atoms with van der Waals surface area (Å²) in [6, 6.07) is 7.48. The molecule has 4 aliphatic rings. The molecular formula is C24H31N3O4. The van der Waals surface area contributed by atoms with E-state index in [4.69, 9.17) is 4.84 Å². The van der Waals surface area contributed by atoms with Crippen LogP contribution < -0.4 is 5.32 Å². The van der Waals surface area contributed by atoms with Crippen LogP contribution in [-0.4, -0.2) is 52.9 Å². The summed E-state index contributed by atoms with van der Waals surface area (Å²) in [6.45, 7) is 2.71. The molecule has 166 valence electrons. The number of aryl methyl sites for hydroxylation is 1. The fraction of sp³-hybridized carbons (Fsp3) is 0.625. The maximum atomic E-state index is 13.5. The van der Waals surface area contributed by atoms with Crippen molar-refractivity contribution in [2.24, 2.45) is 11.8 Å². The number of fused-ring (bicyclic) bond motifs is 1. The Bertz CT molecular complexity index is 860.